The molecule has 0 saturated carbocycles. The molecule has 70 valence electrons. The fraction of sp³-hybridized carbons (Fsp3) is 0.889. The molecular formula is C9H15ClO2. The maximum atomic E-state index is 11.3. The number of alkyl halides is 1. The van der Waals surface area contributed by atoms with Crippen molar-refractivity contribution >= 4 is 17.6 Å². The molecule has 0 bridgehead atoms. The third-order valence-corrected chi connectivity index (χ3v) is 2.97. The van der Waals surface area contributed by atoms with E-state index in [4.69, 9.17) is 16.3 Å². The number of rotatable bonds is 2. The van der Waals surface area contributed by atoms with E-state index in [9.17, 15) is 4.79 Å². The molecule has 0 radical (unpaired) electrons. The second kappa shape index (κ2) is 2.91. The molecule has 0 aromatic carbocycles. The summed E-state index contributed by atoms with van der Waals surface area (Å²) in [5.41, 5.74) is -0.298. The van der Waals surface area contributed by atoms with Crippen LogP contribution in [0.5, 0.6) is 0 Å². The van der Waals surface area contributed by atoms with Crippen LogP contribution in [0.15, 0.2) is 0 Å². The Morgan fingerprint density at radius 3 is 2.17 bits per heavy atom. The van der Waals surface area contributed by atoms with Gasteiger partial charge in [-0.1, -0.05) is 13.8 Å². The largest absolute Gasteiger partial charge is 0.458 e. The van der Waals surface area contributed by atoms with Crippen molar-refractivity contribution in [3.8, 4) is 0 Å². The molecule has 1 unspecified atom stereocenters. The molecule has 12 heavy (non-hydrogen) atoms. The van der Waals surface area contributed by atoms with E-state index in [0.29, 0.717) is 6.42 Å². The van der Waals surface area contributed by atoms with Gasteiger partial charge in [0.25, 0.3) is 0 Å². The molecule has 0 aliphatic carbocycles. The van der Waals surface area contributed by atoms with Crippen molar-refractivity contribution in [1.82, 2.24) is 0 Å². The Labute approximate surface area is 78.2 Å². The number of carbonyl (C=O) groups excluding carboxylic acids is 1. The van der Waals surface area contributed by atoms with Crippen molar-refractivity contribution in [3.63, 3.8) is 0 Å². The van der Waals surface area contributed by atoms with Gasteiger partial charge in [0.2, 0.25) is 0 Å². The molecule has 1 atom stereocenters. The zero-order valence-electron chi connectivity index (χ0n) is 7.82. The van der Waals surface area contributed by atoms with E-state index in [1.807, 2.05) is 13.8 Å². The summed E-state index contributed by atoms with van der Waals surface area (Å²) in [5.74, 6) is -0.270. The van der Waals surface area contributed by atoms with Gasteiger partial charge < -0.3 is 4.74 Å². The van der Waals surface area contributed by atoms with Crippen molar-refractivity contribution in [3.05, 3.63) is 0 Å². The average Bonchev–Trinajstić information content (AvgIpc) is 2.24. The Morgan fingerprint density at radius 2 is 2.00 bits per heavy atom. The topological polar surface area (TPSA) is 26.3 Å². The molecule has 1 saturated heterocycles. The van der Waals surface area contributed by atoms with Gasteiger partial charge in [0, 0.05) is 6.42 Å². The van der Waals surface area contributed by atoms with E-state index >= 15 is 0 Å². The van der Waals surface area contributed by atoms with Gasteiger partial charge in [-0.3, -0.25) is 4.79 Å². The quantitative estimate of drug-likeness (QED) is 0.494. The van der Waals surface area contributed by atoms with Crippen molar-refractivity contribution in [2.45, 2.75) is 50.5 Å². The molecule has 0 spiro atoms. The second-order valence-corrected chi connectivity index (χ2v) is 4.49. The maximum absolute atomic E-state index is 11.3. The van der Waals surface area contributed by atoms with Crippen LogP contribution in [0.25, 0.3) is 0 Å². The molecule has 1 aliphatic heterocycles. The summed E-state index contributed by atoms with van der Waals surface area (Å²) in [6.07, 6.45) is 2.32. The standard InChI is InChI=1S/C9H15ClO2/c1-4-9(5-2)6-8(3,10)7(11)12-9/h4-6H2,1-3H3. The number of esters is 1. The van der Waals surface area contributed by atoms with Crippen LogP contribution < -0.4 is 0 Å². The molecule has 0 aromatic rings. The molecule has 0 N–H and O–H groups in total. The first-order valence-corrected chi connectivity index (χ1v) is 4.76. The van der Waals surface area contributed by atoms with E-state index in [1.165, 1.54) is 0 Å². The van der Waals surface area contributed by atoms with Crippen LogP contribution >= 0.6 is 11.6 Å². The highest BCUT2D eigenvalue weighted by atomic mass is 35.5. The van der Waals surface area contributed by atoms with Crippen molar-refractivity contribution in [1.29, 1.82) is 0 Å². The molecule has 1 heterocycles. The first-order valence-electron chi connectivity index (χ1n) is 4.38. The third kappa shape index (κ3) is 1.45. The first kappa shape index (κ1) is 9.85. The summed E-state index contributed by atoms with van der Waals surface area (Å²) in [7, 11) is 0. The molecule has 0 amide bonds. The molecular weight excluding hydrogens is 176 g/mol. The van der Waals surface area contributed by atoms with Crippen LogP contribution in [0.3, 0.4) is 0 Å². The second-order valence-electron chi connectivity index (χ2n) is 3.65. The predicted octanol–water partition coefficient (Wildman–Crippen LogP) is 2.49. The average molecular weight is 191 g/mol. The minimum Gasteiger partial charge on any atom is -0.458 e. The zero-order valence-corrected chi connectivity index (χ0v) is 8.57. The summed E-state index contributed by atoms with van der Waals surface area (Å²) < 4.78 is 5.29. The van der Waals surface area contributed by atoms with E-state index < -0.39 is 4.87 Å². The number of halogens is 1. The van der Waals surface area contributed by atoms with Gasteiger partial charge in [-0.25, -0.2) is 0 Å². The molecule has 1 rings (SSSR count). The molecule has 1 fully saturated rings. The van der Waals surface area contributed by atoms with Crippen LogP contribution in [0.1, 0.15) is 40.0 Å². The van der Waals surface area contributed by atoms with Crippen molar-refractivity contribution in [2.75, 3.05) is 0 Å². The number of ether oxygens (including phenoxy) is 1. The van der Waals surface area contributed by atoms with Crippen LogP contribution in [0.2, 0.25) is 0 Å². The molecule has 0 aromatic heterocycles. The Balaban J connectivity index is 2.82. The molecule has 3 heteroatoms. The van der Waals surface area contributed by atoms with Gasteiger partial charge in [-0.15, -0.1) is 11.6 Å². The monoisotopic (exact) mass is 190 g/mol. The maximum Gasteiger partial charge on any atom is 0.327 e. The zero-order chi connectivity index (χ0) is 9.41. The third-order valence-electron chi connectivity index (χ3n) is 2.68. The van der Waals surface area contributed by atoms with Gasteiger partial charge in [-0.2, -0.15) is 0 Å². The fourth-order valence-electron chi connectivity index (χ4n) is 1.66. The lowest BCUT2D eigenvalue weighted by Crippen LogP contribution is -2.27. The number of cyclic esters (lactones) is 1. The number of hydrogen-bond donors (Lipinski definition) is 0. The Morgan fingerprint density at radius 1 is 1.50 bits per heavy atom. The lowest BCUT2D eigenvalue weighted by molar-refractivity contribution is -0.150. The predicted molar refractivity (Wildman–Crippen MR) is 48.3 cm³/mol. The van der Waals surface area contributed by atoms with Crippen LogP contribution in [-0.2, 0) is 9.53 Å². The summed E-state index contributed by atoms with van der Waals surface area (Å²) in [4.78, 5) is 10.5. The Bertz CT molecular complexity index is 195. The number of carbonyl (C=O) groups is 1. The van der Waals surface area contributed by atoms with Gasteiger partial charge >= 0.3 is 5.97 Å². The smallest absolute Gasteiger partial charge is 0.327 e. The highest BCUT2D eigenvalue weighted by molar-refractivity contribution is 6.34. The van der Waals surface area contributed by atoms with E-state index in [-0.39, 0.29) is 11.6 Å². The molecule has 1 aliphatic rings. The van der Waals surface area contributed by atoms with Crippen molar-refractivity contribution < 1.29 is 9.53 Å². The van der Waals surface area contributed by atoms with E-state index in [0.717, 1.165) is 12.8 Å². The minimum absolute atomic E-state index is 0.270. The number of hydrogen-bond acceptors (Lipinski definition) is 2. The van der Waals surface area contributed by atoms with Crippen LogP contribution in [-0.4, -0.2) is 16.4 Å². The first-order chi connectivity index (χ1) is 5.46. The fourth-order valence-corrected chi connectivity index (χ4v) is 1.94. The van der Waals surface area contributed by atoms with Gasteiger partial charge in [-0.05, 0) is 19.8 Å². The van der Waals surface area contributed by atoms with Gasteiger partial charge in [0.05, 0.1) is 0 Å². The van der Waals surface area contributed by atoms with Crippen LogP contribution in [0.4, 0.5) is 0 Å². The summed E-state index contributed by atoms with van der Waals surface area (Å²) in [6.45, 7) is 5.77. The summed E-state index contributed by atoms with van der Waals surface area (Å²) in [5, 5.41) is 0. The van der Waals surface area contributed by atoms with E-state index in [1.54, 1.807) is 6.92 Å². The van der Waals surface area contributed by atoms with Crippen molar-refractivity contribution in [2.24, 2.45) is 0 Å². The lowest BCUT2D eigenvalue weighted by atomic mass is 9.90. The SMILES string of the molecule is CCC1(CC)CC(C)(Cl)C(=O)O1. The lowest BCUT2D eigenvalue weighted by Gasteiger charge is -2.24. The minimum atomic E-state index is -0.800. The highest BCUT2D eigenvalue weighted by Gasteiger charge is 2.51. The van der Waals surface area contributed by atoms with Gasteiger partial charge in [0.15, 0.2) is 0 Å². The summed E-state index contributed by atoms with van der Waals surface area (Å²) >= 11 is 5.99. The van der Waals surface area contributed by atoms with Crippen LogP contribution in [0, 0.1) is 0 Å². The van der Waals surface area contributed by atoms with Gasteiger partial charge in [0.1, 0.15) is 10.5 Å². The normalized spacial score (nSPS) is 33.5. The summed E-state index contributed by atoms with van der Waals surface area (Å²) in [6, 6.07) is 0. The van der Waals surface area contributed by atoms with E-state index in [2.05, 4.69) is 0 Å². The Kier molecular flexibility index (Phi) is 2.39. The highest BCUT2D eigenvalue weighted by Crippen LogP contribution is 2.42. The molecule has 2 nitrogen and oxygen atoms in total. The Hall–Kier alpha value is -0.240.